The fourth-order valence-electron chi connectivity index (χ4n) is 2.18. The van der Waals surface area contributed by atoms with Gasteiger partial charge < -0.3 is 0 Å². The molecular formula is C10H12O. The minimum atomic E-state index is 0.285. The molecule has 0 spiro atoms. The van der Waals surface area contributed by atoms with Crippen molar-refractivity contribution in [2.75, 3.05) is 0 Å². The van der Waals surface area contributed by atoms with Crippen molar-refractivity contribution >= 4 is 5.78 Å². The molecule has 0 aromatic heterocycles. The highest BCUT2D eigenvalue weighted by Crippen LogP contribution is 2.39. The third-order valence-corrected chi connectivity index (χ3v) is 2.82. The zero-order chi connectivity index (χ0) is 7.84. The number of carbonyl (C=O) groups is 1. The number of allylic oxidation sites excluding steroid dienone is 3. The Bertz CT molecular complexity index is 213. The second kappa shape index (κ2) is 2.33. The highest BCUT2D eigenvalue weighted by molar-refractivity contribution is 5.94. The molecule has 0 saturated heterocycles. The van der Waals surface area contributed by atoms with E-state index in [0.717, 1.165) is 12.0 Å². The molecule has 2 rings (SSSR count). The van der Waals surface area contributed by atoms with Gasteiger partial charge in [-0.25, -0.2) is 0 Å². The lowest BCUT2D eigenvalue weighted by atomic mass is 9.82. The smallest absolute Gasteiger partial charge is 0.159 e. The van der Waals surface area contributed by atoms with Crippen LogP contribution in [0, 0.1) is 11.8 Å². The fraction of sp³-hybridized carbons (Fsp3) is 0.500. The Morgan fingerprint density at radius 1 is 1.27 bits per heavy atom. The Morgan fingerprint density at radius 3 is 2.73 bits per heavy atom. The van der Waals surface area contributed by atoms with Gasteiger partial charge >= 0.3 is 0 Å². The number of hydrogen-bond donors (Lipinski definition) is 0. The van der Waals surface area contributed by atoms with Crippen LogP contribution in [0.3, 0.4) is 0 Å². The SMILES string of the molecule is C=C1C=CC(=O)[C@@H]2CCC[C@H]12. The summed E-state index contributed by atoms with van der Waals surface area (Å²) in [4.78, 5) is 11.3. The van der Waals surface area contributed by atoms with Gasteiger partial charge in [-0.3, -0.25) is 4.79 Å². The molecule has 11 heavy (non-hydrogen) atoms. The largest absolute Gasteiger partial charge is 0.295 e. The summed E-state index contributed by atoms with van der Waals surface area (Å²) in [6.07, 6.45) is 7.01. The van der Waals surface area contributed by atoms with Gasteiger partial charge in [-0.2, -0.15) is 0 Å². The molecule has 0 amide bonds. The second-order valence-electron chi connectivity index (χ2n) is 3.45. The number of ketones is 1. The van der Waals surface area contributed by atoms with Crippen LogP contribution in [-0.2, 0) is 4.79 Å². The molecule has 0 unspecified atom stereocenters. The van der Waals surface area contributed by atoms with Gasteiger partial charge in [0, 0.05) is 5.92 Å². The van der Waals surface area contributed by atoms with E-state index in [2.05, 4.69) is 6.58 Å². The van der Waals surface area contributed by atoms with Crippen molar-refractivity contribution in [3.8, 4) is 0 Å². The zero-order valence-electron chi connectivity index (χ0n) is 6.55. The summed E-state index contributed by atoms with van der Waals surface area (Å²) < 4.78 is 0. The van der Waals surface area contributed by atoms with E-state index in [1.165, 1.54) is 12.8 Å². The van der Waals surface area contributed by atoms with Crippen LogP contribution in [-0.4, -0.2) is 5.78 Å². The maximum Gasteiger partial charge on any atom is 0.159 e. The molecule has 0 aromatic carbocycles. The number of carbonyl (C=O) groups excluding carboxylic acids is 1. The van der Waals surface area contributed by atoms with E-state index in [-0.39, 0.29) is 5.92 Å². The summed E-state index contributed by atoms with van der Waals surface area (Å²) in [7, 11) is 0. The van der Waals surface area contributed by atoms with Gasteiger partial charge in [0.15, 0.2) is 5.78 Å². The van der Waals surface area contributed by atoms with Crippen LogP contribution in [0.25, 0.3) is 0 Å². The Kier molecular flexibility index (Phi) is 1.45. The van der Waals surface area contributed by atoms with Crippen molar-refractivity contribution in [3.63, 3.8) is 0 Å². The average Bonchev–Trinajstić information content (AvgIpc) is 2.45. The lowest BCUT2D eigenvalue weighted by molar-refractivity contribution is -0.119. The third kappa shape index (κ3) is 0.953. The number of hydrogen-bond acceptors (Lipinski definition) is 1. The number of fused-ring (bicyclic) bond motifs is 1. The molecule has 1 saturated carbocycles. The van der Waals surface area contributed by atoms with E-state index >= 15 is 0 Å². The zero-order valence-corrected chi connectivity index (χ0v) is 6.55. The average molecular weight is 148 g/mol. The van der Waals surface area contributed by atoms with Crippen molar-refractivity contribution in [2.24, 2.45) is 11.8 Å². The summed E-state index contributed by atoms with van der Waals surface area (Å²) >= 11 is 0. The van der Waals surface area contributed by atoms with Crippen LogP contribution in [0.5, 0.6) is 0 Å². The van der Waals surface area contributed by atoms with Gasteiger partial charge in [0.1, 0.15) is 0 Å². The van der Waals surface area contributed by atoms with Gasteiger partial charge in [0.05, 0.1) is 0 Å². The molecule has 2 atom stereocenters. The van der Waals surface area contributed by atoms with E-state index in [9.17, 15) is 4.79 Å². The van der Waals surface area contributed by atoms with Crippen molar-refractivity contribution in [1.29, 1.82) is 0 Å². The van der Waals surface area contributed by atoms with Crippen molar-refractivity contribution in [2.45, 2.75) is 19.3 Å². The monoisotopic (exact) mass is 148 g/mol. The Balaban J connectivity index is 2.32. The van der Waals surface area contributed by atoms with E-state index < -0.39 is 0 Å². The lowest BCUT2D eigenvalue weighted by Crippen LogP contribution is -2.21. The molecule has 1 nitrogen and oxygen atoms in total. The molecule has 2 aliphatic rings. The molecule has 0 N–H and O–H groups in total. The summed E-state index contributed by atoms with van der Waals surface area (Å²) in [5.41, 5.74) is 1.16. The first-order valence-electron chi connectivity index (χ1n) is 4.20. The molecule has 0 heterocycles. The summed E-state index contributed by atoms with van der Waals surface area (Å²) in [6, 6.07) is 0. The molecule has 2 aliphatic carbocycles. The molecule has 0 aromatic rings. The van der Waals surface area contributed by atoms with Crippen molar-refractivity contribution < 1.29 is 4.79 Å². The summed E-state index contributed by atoms with van der Waals surface area (Å²) in [6.45, 7) is 3.95. The maximum atomic E-state index is 11.3. The Labute approximate surface area is 66.8 Å². The molecule has 58 valence electrons. The van der Waals surface area contributed by atoms with Gasteiger partial charge in [0.25, 0.3) is 0 Å². The van der Waals surface area contributed by atoms with Crippen LogP contribution in [0.1, 0.15) is 19.3 Å². The predicted octanol–water partition coefficient (Wildman–Crippen LogP) is 2.10. The van der Waals surface area contributed by atoms with Gasteiger partial charge in [-0.1, -0.05) is 24.6 Å². The van der Waals surface area contributed by atoms with E-state index in [1.54, 1.807) is 6.08 Å². The van der Waals surface area contributed by atoms with Gasteiger partial charge in [-0.05, 0) is 24.8 Å². The minimum Gasteiger partial charge on any atom is -0.295 e. The van der Waals surface area contributed by atoms with Gasteiger partial charge in [0.2, 0.25) is 0 Å². The number of rotatable bonds is 0. The van der Waals surface area contributed by atoms with Crippen LogP contribution in [0.4, 0.5) is 0 Å². The molecule has 0 bridgehead atoms. The van der Waals surface area contributed by atoms with Crippen molar-refractivity contribution in [1.82, 2.24) is 0 Å². The van der Waals surface area contributed by atoms with Crippen LogP contribution in [0.15, 0.2) is 24.3 Å². The second-order valence-corrected chi connectivity index (χ2v) is 3.45. The molecule has 0 radical (unpaired) electrons. The highest BCUT2D eigenvalue weighted by Gasteiger charge is 2.34. The van der Waals surface area contributed by atoms with E-state index in [1.807, 2.05) is 6.08 Å². The first-order chi connectivity index (χ1) is 5.29. The van der Waals surface area contributed by atoms with E-state index in [0.29, 0.717) is 11.7 Å². The highest BCUT2D eigenvalue weighted by atomic mass is 16.1. The Hall–Kier alpha value is -0.850. The Morgan fingerprint density at radius 2 is 2.00 bits per heavy atom. The summed E-state index contributed by atoms with van der Waals surface area (Å²) in [5.74, 6) is 1.08. The molecule has 1 fully saturated rings. The van der Waals surface area contributed by atoms with Crippen LogP contribution >= 0.6 is 0 Å². The van der Waals surface area contributed by atoms with Gasteiger partial charge in [-0.15, -0.1) is 0 Å². The molecule has 1 heteroatoms. The quantitative estimate of drug-likeness (QED) is 0.514. The lowest BCUT2D eigenvalue weighted by Gasteiger charge is -2.21. The standard InChI is InChI=1S/C10H12O/c1-7-5-6-10(11)9-4-2-3-8(7)9/h5-6,8-9H,1-4H2/t8-,9-/m1/s1. The summed E-state index contributed by atoms with van der Waals surface area (Å²) in [5, 5.41) is 0. The van der Waals surface area contributed by atoms with E-state index in [4.69, 9.17) is 0 Å². The maximum absolute atomic E-state index is 11.3. The fourth-order valence-corrected chi connectivity index (χ4v) is 2.18. The van der Waals surface area contributed by atoms with Crippen LogP contribution < -0.4 is 0 Å². The van der Waals surface area contributed by atoms with Crippen LogP contribution in [0.2, 0.25) is 0 Å². The predicted molar refractivity (Wildman–Crippen MR) is 44.1 cm³/mol. The minimum absolute atomic E-state index is 0.285. The first-order valence-corrected chi connectivity index (χ1v) is 4.20. The topological polar surface area (TPSA) is 17.1 Å². The van der Waals surface area contributed by atoms with Crippen molar-refractivity contribution in [3.05, 3.63) is 24.3 Å². The molecular weight excluding hydrogens is 136 g/mol. The molecule has 0 aliphatic heterocycles. The third-order valence-electron chi connectivity index (χ3n) is 2.82. The first kappa shape index (κ1) is 6.84. The normalized spacial score (nSPS) is 36.0.